The lowest BCUT2D eigenvalue weighted by Gasteiger charge is -2.12. The van der Waals surface area contributed by atoms with E-state index in [1.54, 1.807) is 0 Å². The van der Waals surface area contributed by atoms with Gasteiger partial charge in [0.1, 0.15) is 5.82 Å². The van der Waals surface area contributed by atoms with Crippen molar-refractivity contribution in [3.63, 3.8) is 0 Å². The van der Waals surface area contributed by atoms with E-state index in [2.05, 4.69) is 14.7 Å². The summed E-state index contributed by atoms with van der Waals surface area (Å²) in [6, 6.07) is -0.132. The third kappa shape index (κ3) is 4.29. The largest absolute Gasteiger partial charge is 0.332 e. The number of nitrogens with one attached hydrogen (secondary N) is 2. The molecule has 1 unspecified atom stereocenters. The van der Waals surface area contributed by atoms with Gasteiger partial charge in [0.2, 0.25) is 0 Å². The van der Waals surface area contributed by atoms with Gasteiger partial charge in [-0.15, -0.1) is 11.6 Å². The van der Waals surface area contributed by atoms with Crippen LogP contribution in [-0.2, 0) is 16.4 Å². The molecule has 0 aliphatic rings. The molecule has 0 bridgehead atoms. The first-order chi connectivity index (χ1) is 7.99. The Morgan fingerprint density at radius 2 is 2.29 bits per heavy atom. The highest BCUT2D eigenvalue weighted by Crippen LogP contribution is 2.08. The minimum atomic E-state index is -3.49. The maximum absolute atomic E-state index is 11.9. The summed E-state index contributed by atoms with van der Waals surface area (Å²) in [6.07, 6.45) is 3.53. The van der Waals surface area contributed by atoms with Crippen molar-refractivity contribution in [2.24, 2.45) is 0 Å². The molecule has 0 saturated carbocycles. The lowest BCUT2D eigenvalue weighted by molar-refractivity contribution is 0.542. The number of sulfonamides is 1. The molecule has 0 fully saturated rings. The lowest BCUT2D eigenvalue weighted by Crippen LogP contribution is -2.32. The Morgan fingerprint density at radius 1 is 1.59 bits per heavy atom. The van der Waals surface area contributed by atoms with Crippen LogP contribution in [0.2, 0.25) is 0 Å². The van der Waals surface area contributed by atoms with Gasteiger partial charge < -0.3 is 4.98 Å². The van der Waals surface area contributed by atoms with Crippen LogP contribution in [0.3, 0.4) is 0 Å². The van der Waals surface area contributed by atoms with Crippen LogP contribution in [0.15, 0.2) is 11.2 Å². The van der Waals surface area contributed by atoms with Crippen molar-refractivity contribution in [3.05, 3.63) is 12.0 Å². The molecule has 1 atom stereocenters. The number of alkyl halides is 1. The van der Waals surface area contributed by atoms with Crippen LogP contribution in [0.5, 0.6) is 0 Å². The van der Waals surface area contributed by atoms with Gasteiger partial charge >= 0.3 is 0 Å². The zero-order valence-corrected chi connectivity index (χ0v) is 11.6. The van der Waals surface area contributed by atoms with Gasteiger partial charge in [0.15, 0.2) is 5.03 Å². The Hall–Kier alpha value is -0.590. The molecule has 1 aromatic heterocycles. The number of hydrogen-bond acceptors (Lipinski definition) is 3. The number of H-pyrrole nitrogens is 1. The Bertz CT molecular complexity index is 444. The van der Waals surface area contributed by atoms with Gasteiger partial charge in [0.25, 0.3) is 10.0 Å². The van der Waals surface area contributed by atoms with Crippen molar-refractivity contribution in [1.29, 1.82) is 0 Å². The number of rotatable bonds is 7. The number of halogens is 1. The third-order valence-electron chi connectivity index (χ3n) is 2.36. The quantitative estimate of drug-likeness (QED) is 0.746. The fraction of sp³-hybridized carbons (Fsp3) is 0.700. The predicted octanol–water partition coefficient (Wildman–Crippen LogP) is 1.66. The zero-order valence-electron chi connectivity index (χ0n) is 10.0. The van der Waals surface area contributed by atoms with Crippen molar-refractivity contribution in [3.8, 4) is 0 Å². The standard InChI is InChI=1S/C10H18ClN3O2S/c1-3-9-12-7-10(13-9)17(15,16)14-8(2)5-4-6-11/h7-8,14H,3-6H2,1-2H3,(H,12,13). The maximum Gasteiger partial charge on any atom is 0.257 e. The van der Waals surface area contributed by atoms with Crippen molar-refractivity contribution in [2.45, 2.75) is 44.2 Å². The van der Waals surface area contributed by atoms with Crippen molar-refractivity contribution >= 4 is 21.6 Å². The molecule has 17 heavy (non-hydrogen) atoms. The number of aromatic amines is 1. The van der Waals surface area contributed by atoms with E-state index in [0.29, 0.717) is 18.1 Å². The highest BCUT2D eigenvalue weighted by atomic mass is 35.5. The Labute approximate surface area is 107 Å². The topological polar surface area (TPSA) is 74.8 Å². The van der Waals surface area contributed by atoms with Crippen LogP contribution >= 0.6 is 11.6 Å². The minimum Gasteiger partial charge on any atom is -0.332 e. The molecule has 0 aliphatic heterocycles. The molecular formula is C10H18ClN3O2S. The summed E-state index contributed by atoms with van der Waals surface area (Å²) in [5.74, 6) is 1.20. The summed E-state index contributed by atoms with van der Waals surface area (Å²) in [5, 5.41) is 0.118. The van der Waals surface area contributed by atoms with Gasteiger partial charge in [-0.25, -0.2) is 18.1 Å². The van der Waals surface area contributed by atoms with E-state index >= 15 is 0 Å². The van der Waals surface area contributed by atoms with E-state index in [4.69, 9.17) is 11.6 Å². The molecule has 0 aromatic carbocycles. The fourth-order valence-electron chi connectivity index (χ4n) is 1.43. The van der Waals surface area contributed by atoms with Gasteiger partial charge in [0.05, 0.1) is 6.20 Å². The van der Waals surface area contributed by atoms with Crippen LogP contribution in [0.4, 0.5) is 0 Å². The molecule has 0 aliphatic carbocycles. The van der Waals surface area contributed by atoms with E-state index in [1.807, 2.05) is 13.8 Å². The van der Waals surface area contributed by atoms with Crippen LogP contribution in [0, 0.1) is 0 Å². The SMILES string of the molecule is CCc1ncc(S(=O)(=O)NC(C)CCCCl)[nH]1. The van der Waals surface area contributed by atoms with Crippen LogP contribution < -0.4 is 4.72 Å². The maximum atomic E-state index is 11.9. The second-order valence-corrected chi connectivity index (χ2v) is 5.96. The Kier molecular flexibility index (Phi) is 5.42. The Morgan fingerprint density at radius 3 is 2.82 bits per heavy atom. The molecule has 98 valence electrons. The van der Waals surface area contributed by atoms with E-state index in [9.17, 15) is 8.42 Å². The summed E-state index contributed by atoms with van der Waals surface area (Å²) in [6.45, 7) is 3.73. The first-order valence-electron chi connectivity index (χ1n) is 5.61. The third-order valence-corrected chi connectivity index (χ3v) is 4.12. The van der Waals surface area contributed by atoms with Crippen molar-refractivity contribution in [2.75, 3.05) is 5.88 Å². The number of nitrogens with zero attached hydrogens (tertiary/aromatic N) is 1. The molecule has 0 saturated heterocycles. The molecule has 5 nitrogen and oxygen atoms in total. The van der Waals surface area contributed by atoms with E-state index < -0.39 is 10.0 Å². The van der Waals surface area contributed by atoms with E-state index in [-0.39, 0.29) is 11.1 Å². The normalized spacial score (nSPS) is 13.8. The number of aryl methyl sites for hydroxylation is 1. The number of hydrogen-bond donors (Lipinski definition) is 2. The number of imidazole rings is 1. The molecule has 7 heteroatoms. The van der Waals surface area contributed by atoms with Gasteiger partial charge in [-0.2, -0.15) is 0 Å². The molecule has 0 radical (unpaired) electrons. The molecule has 1 rings (SSSR count). The van der Waals surface area contributed by atoms with Crippen LogP contribution in [0.1, 0.15) is 32.5 Å². The zero-order chi connectivity index (χ0) is 12.9. The molecule has 0 amide bonds. The van der Waals surface area contributed by atoms with Crippen molar-refractivity contribution < 1.29 is 8.42 Å². The van der Waals surface area contributed by atoms with Crippen molar-refractivity contribution in [1.82, 2.24) is 14.7 Å². The first-order valence-corrected chi connectivity index (χ1v) is 7.63. The number of aromatic nitrogens is 2. The van der Waals surface area contributed by atoms with Crippen LogP contribution in [-0.4, -0.2) is 30.3 Å². The van der Waals surface area contributed by atoms with E-state index in [0.717, 1.165) is 12.8 Å². The minimum absolute atomic E-state index is 0.118. The summed E-state index contributed by atoms with van der Waals surface area (Å²) in [7, 11) is -3.49. The van der Waals surface area contributed by atoms with Crippen LogP contribution in [0.25, 0.3) is 0 Å². The first kappa shape index (κ1) is 14.5. The predicted molar refractivity (Wildman–Crippen MR) is 67.7 cm³/mol. The molecule has 1 heterocycles. The van der Waals surface area contributed by atoms with E-state index in [1.165, 1.54) is 6.20 Å². The van der Waals surface area contributed by atoms with Gasteiger partial charge in [-0.05, 0) is 19.8 Å². The lowest BCUT2D eigenvalue weighted by atomic mass is 10.2. The fourth-order valence-corrected chi connectivity index (χ4v) is 2.80. The summed E-state index contributed by atoms with van der Waals surface area (Å²) in [5.41, 5.74) is 0. The second kappa shape index (κ2) is 6.37. The molecular weight excluding hydrogens is 262 g/mol. The molecule has 2 N–H and O–H groups in total. The Balaban J connectivity index is 2.68. The summed E-state index contributed by atoms with van der Waals surface area (Å²) >= 11 is 5.56. The molecule has 1 aromatic rings. The average Bonchev–Trinajstić information content (AvgIpc) is 2.75. The average molecular weight is 280 g/mol. The molecule has 0 spiro atoms. The highest BCUT2D eigenvalue weighted by Gasteiger charge is 2.19. The highest BCUT2D eigenvalue weighted by molar-refractivity contribution is 7.89. The second-order valence-electron chi connectivity index (χ2n) is 3.90. The monoisotopic (exact) mass is 279 g/mol. The van der Waals surface area contributed by atoms with Gasteiger partial charge in [-0.3, -0.25) is 0 Å². The van der Waals surface area contributed by atoms with Gasteiger partial charge in [-0.1, -0.05) is 6.92 Å². The smallest absolute Gasteiger partial charge is 0.257 e. The summed E-state index contributed by atoms with van der Waals surface area (Å²) in [4.78, 5) is 6.75. The summed E-state index contributed by atoms with van der Waals surface area (Å²) < 4.78 is 26.4. The van der Waals surface area contributed by atoms with Gasteiger partial charge in [0, 0.05) is 18.3 Å².